The summed E-state index contributed by atoms with van der Waals surface area (Å²) in [6.07, 6.45) is -0.620. The second-order valence-electron chi connectivity index (χ2n) is 6.49. The van der Waals surface area contributed by atoms with Crippen LogP contribution in [0.1, 0.15) is 25.0 Å². The molecule has 2 aromatic rings. The minimum absolute atomic E-state index is 0.289. The predicted octanol–water partition coefficient (Wildman–Crippen LogP) is 5.33. The van der Waals surface area contributed by atoms with E-state index in [1.807, 2.05) is 31.1 Å². The van der Waals surface area contributed by atoms with Crippen molar-refractivity contribution in [3.05, 3.63) is 77.9 Å². The highest BCUT2D eigenvalue weighted by molar-refractivity contribution is 5.51. The van der Waals surface area contributed by atoms with Crippen molar-refractivity contribution in [2.45, 2.75) is 25.6 Å². The molecule has 0 saturated heterocycles. The van der Waals surface area contributed by atoms with Crippen LogP contribution in [0.2, 0.25) is 0 Å². The van der Waals surface area contributed by atoms with Crippen LogP contribution in [0.25, 0.3) is 0 Å². The van der Waals surface area contributed by atoms with E-state index in [4.69, 9.17) is 0 Å². The van der Waals surface area contributed by atoms with Crippen molar-refractivity contribution < 1.29 is 17.6 Å². The van der Waals surface area contributed by atoms with Crippen LogP contribution in [0.5, 0.6) is 0 Å². The molecule has 6 heteroatoms. The lowest BCUT2D eigenvalue weighted by Crippen LogP contribution is -2.39. The van der Waals surface area contributed by atoms with Gasteiger partial charge in [-0.15, -0.1) is 0 Å². The van der Waals surface area contributed by atoms with Crippen LogP contribution in [0, 0.1) is 5.82 Å². The van der Waals surface area contributed by atoms with Crippen LogP contribution < -0.4 is 4.90 Å². The first kappa shape index (κ1) is 17.3. The molecule has 1 aliphatic heterocycles. The molecule has 0 aliphatic carbocycles. The van der Waals surface area contributed by atoms with Gasteiger partial charge in [0.1, 0.15) is 5.82 Å². The summed E-state index contributed by atoms with van der Waals surface area (Å²) >= 11 is 0. The van der Waals surface area contributed by atoms with E-state index >= 15 is 0 Å². The summed E-state index contributed by atoms with van der Waals surface area (Å²) < 4.78 is 51.1. The van der Waals surface area contributed by atoms with Crippen LogP contribution >= 0.6 is 0 Å². The fourth-order valence-electron chi connectivity index (χ4n) is 2.82. The van der Waals surface area contributed by atoms with Crippen LogP contribution in [0.4, 0.5) is 23.2 Å². The van der Waals surface area contributed by atoms with Gasteiger partial charge in [-0.3, -0.25) is 0 Å². The van der Waals surface area contributed by atoms with Gasteiger partial charge in [-0.25, -0.2) is 4.39 Å². The number of halogens is 4. The van der Waals surface area contributed by atoms with Gasteiger partial charge in [-0.2, -0.15) is 13.2 Å². The maximum absolute atomic E-state index is 13.1. The third-order valence-corrected chi connectivity index (χ3v) is 4.53. The van der Waals surface area contributed by atoms with Crippen LogP contribution in [-0.2, 0) is 11.7 Å². The number of alkyl halides is 3. The Hall–Kier alpha value is -2.50. The lowest BCUT2D eigenvalue weighted by Gasteiger charge is -2.37. The first-order valence-corrected chi connectivity index (χ1v) is 7.83. The third kappa shape index (κ3) is 3.48. The Labute approximate surface area is 144 Å². The van der Waals surface area contributed by atoms with Crippen LogP contribution in [0.3, 0.4) is 0 Å². The monoisotopic (exact) mass is 350 g/mol. The molecule has 1 aliphatic rings. The SMILES string of the molecule is CC(C)(c1ccc(F)cc1)N1C=CN(c2ccc(C(F)(F)F)cc2)C1. The highest BCUT2D eigenvalue weighted by Gasteiger charge is 2.32. The normalized spacial score (nSPS) is 15.1. The zero-order valence-corrected chi connectivity index (χ0v) is 13.9. The van der Waals surface area contributed by atoms with Gasteiger partial charge in [-0.1, -0.05) is 12.1 Å². The smallest absolute Gasteiger partial charge is 0.349 e. The van der Waals surface area contributed by atoms with Gasteiger partial charge in [0.15, 0.2) is 0 Å². The molecule has 0 aromatic heterocycles. The third-order valence-electron chi connectivity index (χ3n) is 4.53. The average molecular weight is 350 g/mol. The van der Waals surface area contributed by atoms with Crippen molar-refractivity contribution >= 4 is 5.69 Å². The molecule has 3 rings (SSSR count). The second-order valence-corrected chi connectivity index (χ2v) is 6.49. The Balaban J connectivity index is 1.75. The van der Waals surface area contributed by atoms with Crippen molar-refractivity contribution in [3.8, 4) is 0 Å². The first-order chi connectivity index (χ1) is 11.7. The Morgan fingerprint density at radius 1 is 0.800 bits per heavy atom. The predicted molar refractivity (Wildman–Crippen MR) is 89.2 cm³/mol. The summed E-state index contributed by atoms with van der Waals surface area (Å²) in [4.78, 5) is 3.92. The molecular formula is C19H18F4N2. The van der Waals surface area contributed by atoms with Crippen molar-refractivity contribution in [2.75, 3.05) is 11.6 Å². The molecule has 1 heterocycles. The largest absolute Gasteiger partial charge is 0.416 e. The molecule has 0 saturated carbocycles. The quantitative estimate of drug-likeness (QED) is 0.690. The van der Waals surface area contributed by atoms with Crippen molar-refractivity contribution in [1.29, 1.82) is 0 Å². The fourth-order valence-corrected chi connectivity index (χ4v) is 2.82. The van der Waals surface area contributed by atoms with Gasteiger partial charge in [0, 0.05) is 18.1 Å². The number of anilines is 1. The zero-order valence-electron chi connectivity index (χ0n) is 13.9. The molecular weight excluding hydrogens is 332 g/mol. The lowest BCUT2D eigenvalue weighted by molar-refractivity contribution is -0.137. The maximum atomic E-state index is 13.1. The number of nitrogens with zero attached hydrogens (tertiary/aromatic N) is 2. The molecule has 0 fully saturated rings. The van der Waals surface area contributed by atoms with E-state index in [0.717, 1.165) is 17.7 Å². The Morgan fingerprint density at radius 3 is 1.92 bits per heavy atom. The Kier molecular flexibility index (Phi) is 4.22. The van der Waals surface area contributed by atoms with Crippen molar-refractivity contribution in [1.82, 2.24) is 4.90 Å². The van der Waals surface area contributed by atoms with E-state index in [1.165, 1.54) is 24.3 Å². The number of rotatable bonds is 3. The fraction of sp³-hybridized carbons (Fsp3) is 0.263. The molecule has 0 radical (unpaired) electrons. The standard InChI is InChI=1S/C19H18F4N2/c1-18(2,14-3-7-16(20)8-4-14)25-12-11-24(13-25)17-9-5-15(6-10-17)19(21,22)23/h3-12H,13H2,1-2H3. The van der Waals surface area contributed by atoms with E-state index in [-0.39, 0.29) is 11.4 Å². The van der Waals surface area contributed by atoms with Crippen molar-refractivity contribution in [2.24, 2.45) is 0 Å². The molecule has 2 aromatic carbocycles. The average Bonchev–Trinajstić information content (AvgIpc) is 3.05. The summed E-state index contributed by atoms with van der Waals surface area (Å²) in [6, 6.07) is 11.4. The molecule has 2 nitrogen and oxygen atoms in total. The van der Waals surface area contributed by atoms with Gasteiger partial charge in [-0.05, 0) is 55.8 Å². The van der Waals surface area contributed by atoms with E-state index in [2.05, 4.69) is 4.90 Å². The molecule has 0 amide bonds. The lowest BCUT2D eigenvalue weighted by atomic mass is 9.93. The topological polar surface area (TPSA) is 6.48 Å². The van der Waals surface area contributed by atoms with E-state index in [0.29, 0.717) is 12.4 Å². The minimum Gasteiger partial charge on any atom is -0.349 e. The second kappa shape index (κ2) is 6.10. The molecule has 0 spiro atoms. The van der Waals surface area contributed by atoms with Gasteiger partial charge < -0.3 is 9.80 Å². The van der Waals surface area contributed by atoms with Crippen molar-refractivity contribution in [3.63, 3.8) is 0 Å². The van der Waals surface area contributed by atoms with Gasteiger partial charge >= 0.3 is 6.18 Å². The minimum atomic E-state index is -4.34. The van der Waals surface area contributed by atoms with E-state index < -0.39 is 11.7 Å². The highest BCUT2D eigenvalue weighted by atomic mass is 19.4. The summed E-state index contributed by atoms with van der Waals surface area (Å²) in [7, 11) is 0. The summed E-state index contributed by atoms with van der Waals surface area (Å²) in [5.74, 6) is -0.289. The molecule has 0 bridgehead atoms. The number of benzene rings is 2. The molecule has 132 valence electrons. The van der Waals surface area contributed by atoms with Gasteiger partial charge in [0.05, 0.1) is 17.8 Å². The van der Waals surface area contributed by atoms with Crippen LogP contribution in [0.15, 0.2) is 60.9 Å². The summed E-state index contributed by atoms with van der Waals surface area (Å²) in [6.45, 7) is 4.53. The maximum Gasteiger partial charge on any atom is 0.416 e. The van der Waals surface area contributed by atoms with Gasteiger partial charge in [0.2, 0.25) is 0 Å². The molecule has 0 unspecified atom stereocenters. The summed E-state index contributed by atoms with van der Waals surface area (Å²) in [5, 5.41) is 0. The van der Waals surface area contributed by atoms with E-state index in [1.54, 1.807) is 12.1 Å². The number of hydrogen-bond donors (Lipinski definition) is 0. The van der Waals surface area contributed by atoms with Crippen LogP contribution in [-0.4, -0.2) is 11.6 Å². The Morgan fingerprint density at radius 2 is 1.36 bits per heavy atom. The van der Waals surface area contributed by atoms with Gasteiger partial charge in [0.25, 0.3) is 0 Å². The first-order valence-electron chi connectivity index (χ1n) is 7.83. The molecule has 25 heavy (non-hydrogen) atoms. The molecule has 0 atom stereocenters. The Bertz CT molecular complexity index is 762. The highest BCUT2D eigenvalue weighted by Crippen LogP contribution is 2.34. The number of hydrogen-bond acceptors (Lipinski definition) is 2. The van der Waals surface area contributed by atoms with E-state index in [9.17, 15) is 17.6 Å². The zero-order chi connectivity index (χ0) is 18.2. The molecule has 0 N–H and O–H groups in total. The summed E-state index contributed by atoms with van der Waals surface area (Å²) in [5.41, 5.74) is 0.586.